The summed E-state index contributed by atoms with van der Waals surface area (Å²) in [5, 5.41) is 6.15. The molecule has 0 saturated carbocycles. The maximum atomic E-state index is 13.5. The van der Waals surface area contributed by atoms with Gasteiger partial charge in [-0.2, -0.15) is 0 Å². The van der Waals surface area contributed by atoms with Crippen molar-refractivity contribution in [2.75, 3.05) is 18.4 Å². The summed E-state index contributed by atoms with van der Waals surface area (Å²) in [6.45, 7) is 1.56. The molecule has 2 N–H and O–H groups in total. The number of rotatable bonds is 2. The number of halogens is 2. The number of carbonyl (C=O) groups excluding carboxylic acids is 1. The molecule has 1 aliphatic heterocycles. The van der Waals surface area contributed by atoms with E-state index in [4.69, 9.17) is 0 Å². The average molecular weight is 297 g/mol. The van der Waals surface area contributed by atoms with Gasteiger partial charge in [-0.25, -0.2) is 13.8 Å². The van der Waals surface area contributed by atoms with Gasteiger partial charge in [-0.3, -0.25) is 4.79 Å². The van der Waals surface area contributed by atoms with E-state index >= 15 is 0 Å². The zero-order valence-electron chi connectivity index (χ0n) is 10.6. The number of hydrogen-bond donors (Lipinski definition) is 2. The zero-order chi connectivity index (χ0) is 14.1. The van der Waals surface area contributed by atoms with E-state index in [-0.39, 0.29) is 17.3 Å². The lowest BCUT2D eigenvalue weighted by Crippen LogP contribution is -2.37. The lowest BCUT2D eigenvalue weighted by Gasteiger charge is -2.21. The van der Waals surface area contributed by atoms with Crippen LogP contribution in [0.1, 0.15) is 12.8 Å². The first-order valence-corrected chi connectivity index (χ1v) is 7.22. The maximum absolute atomic E-state index is 13.5. The zero-order valence-corrected chi connectivity index (χ0v) is 11.4. The van der Waals surface area contributed by atoms with Gasteiger partial charge < -0.3 is 10.6 Å². The van der Waals surface area contributed by atoms with E-state index in [1.165, 1.54) is 6.07 Å². The van der Waals surface area contributed by atoms with Crippen molar-refractivity contribution >= 4 is 32.6 Å². The quantitative estimate of drug-likeness (QED) is 0.895. The van der Waals surface area contributed by atoms with Crippen LogP contribution in [0, 0.1) is 17.6 Å². The number of aromatic nitrogens is 1. The number of nitrogens with zero attached hydrogens (tertiary/aromatic N) is 1. The molecular formula is C13H13F2N3OS. The molecule has 1 aliphatic rings. The molecule has 20 heavy (non-hydrogen) atoms. The molecule has 1 amide bonds. The molecule has 3 rings (SSSR count). The fourth-order valence-corrected chi connectivity index (χ4v) is 3.20. The van der Waals surface area contributed by atoms with Crippen LogP contribution in [-0.2, 0) is 4.79 Å². The van der Waals surface area contributed by atoms with E-state index in [9.17, 15) is 13.6 Å². The Morgan fingerprint density at radius 3 is 3.05 bits per heavy atom. The van der Waals surface area contributed by atoms with Crippen molar-refractivity contribution < 1.29 is 13.6 Å². The molecule has 7 heteroatoms. The van der Waals surface area contributed by atoms with Gasteiger partial charge in [-0.15, -0.1) is 0 Å². The third-order valence-corrected chi connectivity index (χ3v) is 4.23. The highest BCUT2D eigenvalue weighted by Gasteiger charge is 2.22. The summed E-state index contributed by atoms with van der Waals surface area (Å²) < 4.78 is 27.0. The molecule has 0 radical (unpaired) electrons. The molecule has 0 bridgehead atoms. The summed E-state index contributed by atoms with van der Waals surface area (Å²) in [4.78, 5) is 16.1. The van der Waals surface area contributed by atoms with E-state index in [1.807, 2.05) is 0 Å². The lowest BCUT2D eigenvalue weighted by atomic mass is 9.99. The van der Waals surface area contributed by atoms with E-state index in [2.05, 4.69) is 15.6 Å². The van der Waals surface area contributed by atoms with Gasteiger partial charge in [-0.1, -0.05) is 11.3 Å². The molecule has 1 atom stereocenters. The summed E-state index contributed by atoms with van der Waals surface area (Å²) in [5.74, 6) is -1.58. The number of thiazole rings is 1. The van der Waals surface area contributed by atoms with Crippen LogP contribution in [0.3, 0.4) is 0 Å². The van der Waals surface area contributed by atoms with Crippen molar-refractivity contribution in [2.45, 2.75) is 12.8 Å². The van der Waals surface area contributed by atoms with Crippen LogP contribution in [0.5, 0.6) is 0 Å². The summed E-state index contributed by atoms with van der Waals surface area (Å²) in [6.07, 6.45) is 1.78. The van der Waals surface area contributed by atoms with Crippen LogP contribution in [0.2, 0.25) is 0 Å². The topological polar surface area (TPSA) is 54.0 Å². The Morgan fingerprint density at radius 2 is 2.30 bits per heavy atom. The maximum Gasteiger partial charge on any atom is 0.230 e. The van der Waals surface area contributed by atoms with Crippen molar-refractivity contribution in [2.24, 2.45) is 5.92 Å². The van der Waals surface area contributed by atoms with Gasteiger partial charge in [0.1, 0.15) is 11.3 Å². The molecule has 0 aliphatic carbocycles. The molecule has 2 aromatic rings. The monoisotopic (exact) mass is 297 g/mol. The predicted octanol–water partition coefficient (Wildman–Crippen LogP) is 2.51. The Morgan fingerprint density at radius 1 is 1.45 bits per heavy atom. The van der Waals surface area contributed by atoms with Gasteiger partial charge in [0.2, 0.25) is 5.91 Å². The normalized spacial score (nSPS) is 19.2. The summed E-state index contributed by atoms with van der Waals surface area (Å²) >= 11 is 1.07. The highest BCUT2D eigenvalue weighted by Crippen LogP contribution is 2.29. The number of nitrogens with one attached hydrogen (secondary N) is 2. The molecule has 1 aromatic heterocycles. The van der Waals surface area contributed by atoms with Crippen LogP contribution < -0.4 is 10.6 Å². The van der Waals surface area contributed by atoms with Crippen molar-refractivity contribution in [1.29, 1.82) is 0 Å². The smallest absolute Gasteiger partial charge is 0.230 e. The van der Waals surface area contributed by atoms with Crippen LogP contribution in [0.25, 0.3) is 10.2 Å². The Bertz CT molecular complexity index is 652. The first-order chi connectivity index (χ1) is 9.63. The minimum atomic E-state index is -0.712. The molecule has 2 heterocycles. The molecule has 4 nitrogen and oxygen atoms in total. The molecule has 106 valence electrons. The van der Waals surface area contributed by atoms with Gasteiger partial charge in [0.15, 0.2) is 10.9 Å². The second-order valence-corrected chi connectivity index (χ2v) is 5.82. The first kappa shape index (κ1) is 13.4. The van der Waals surface area contributed by atoms with Gasteiger partial charge in [0.25, 0.3) is 0 Å². The van der Waals surface area contributed by atoms with E-state index in [0.29, 0.717) is 16.4 Å². The molecule has 0 spiro atoms. The predicted molar refractivity (Wildman–Crippen MR) is 73.8 cm³/mol. The fraction of sp³-hybridized carbons (Fsp3) is 0.385. The number of carbonyl (C=O) groups is 1. The minimum absolute atomic E-state index is 0.0912. The number of fused-ring (bicyclic) bond motifs is 1. The average Bonchev–Trinajstić information content (AvgIpc) is 2.82. The Balaban J connectivity index is 1.80. The SMILES string of the molecule is O=C(Nc1nc2c(F)cc(F)cc2s1)[C@@H]1CCCNC1. The number of piperidine rings is 1. The van der Waals surface area contributed by atoms with Gasteiger partial charge in [-0.05, 0) is 25.5 Å². The van der Waals surface area contributed by atoms with Gasteiger partial charge in [0, 0.05) is 12.6 Å². The summed E-state index contributed by atoms with van der Waals surface area (Å²) in [7, 11) is 0. The van der Waals surface area contributed by atoms with Crippen molar-refractivity contribution in [1.82, 2.24) is 10.3 Å². The van der Waals surface area contributed by atoms with Crippen molar-refractivity contribution in [3.63, 3.8) is 0 Å². The highest BCUT2D eigenvalue weighted by atomic mass is 32.1. The third-order valence-electron chi connectivity index (χ3n) is 3.31. The van der Waals surface area contributed by atoms with Gasteiger partial charge >= 0.3 is 0 Å². The Kier molecular flexibility index (Phi) is 3.62. The second-order valence-electron chi connectivity index (χ2n) is 4.79. The molecular weight excluding hydrogens is 284 g/mol. The van der Waals surface area contributed by atoms with Crippen molar-refractivity contribution in [3.05, 3.63) is 23.8 Å². The van der Waals surface area contributed by atoms with Crippen LogP contribution in [-0.4, -0.2) is 24.0 Å². The van der Waals surface area contributed by atoms with Gasteiger partial charge in [0.05, 0.1) is 10.6 Å². The molecule has 1 saturated heterocycles. The second kappa shape index (κ2) is 5.41. The highest BCUT2D eigenvalue weighted by molar-refractivity contribution is 7.22. The standard InChI is InChI=1S/C13H13F2N3OS/c14-8-4-9(15)11-10(5-8)20-13(17-11)18-12(19)7-2-1-3-16-6-7/h4-5,7,16H,1-3,6H2,(H,17,18,19)/t7-/m1/s1. The molecule has 1 aromatic carbocycles. The fourth-order valence-electron chi connectivity index (χ4n) is 2.29. The van der Waals surface area contributed by atoms with E-state index in [1.54, 1.807) is 0 Å². The molecule has 1 fully saturated rings. The number of anilines is 1. The number of benzene rings is 1. The number of hydrogen-bond acceptors (Lipinski definition) is 4. The summed E-state index contributed by atoms with van der Waals surface area (Å²) in [5.41, 5.74) is 0.0912. The Hall–Kier alpha value is -1.60. The van der Waals surface area contributed by atoms with Crippen LogP contribution in [0.4, 0.5) is 13.9 Å². The number of amides is 1. The largest absolute Gasteiger partial charge is 0.316 e. The first-order valence-electron chi connectivity index (χ1n) is 6.40. The Labute approximate surface area is 118 Å². The van der Waals surface area contributed by atoms with E-state index in [0.717, 1.165) is 36.8 Å². The minimum Gasteiger partial charge on any atom is -0.316 e. The van der Waals surface area contributed by atoms with Crippen LogP contribution in [0.15, 0.2) is 12.1 Å². The van der Waals surface area contributed by atoms with Crippen LogP contribution >= 0.6 is 11.3 Å². The lowest BCUT2D eigenvalue weighted by molar-refractivity contribution is -0.120. The third kappa shape index (κ3) is 2.64. The summed E-state index contributed by atoms with van der Waals surface area (Å²) in [6, 6.07) is 2.01. The van der Waals surface area contributed by atoms with Crippen molar-refractivity contribution in [3.8, 4) is 0 Å². The molecule has 0 unspecified atom stereocenters. The van der Waals surface area contributed by atoms with E-state index < -0.39 is 11.6 Å².